The first kappa shape index (κ1) is 13.2. The third kappa shape index (κ3) is 2.86. The molecule has 0 amide bonds. The number of amidine groups is 1. The molecular weight excluding hydrogens is 262 g/mol. The highest BCUT2D eigenvalue weighted by molar-refractivity contribution is 5.80. The van der Waals surface area contributed by atoms with Gasteiger partial charge in [-0.2, -0.15) is 5.10 Å². The summed E-state index contributed by atoms with van der Waals surface area (Å²) >= 11 is 0. The van der Waals surface area contributed by atoms with Crippen LogP contribution >= 0.6 is 0 Å². The normalized spacial score (nSPS) is 11.8. The van der Waals surface area contributed by atoms with Crippen LogP contribution in [0.15, 0.2) is 59.7 Å². The van der Waals surface area contributed by atoms with Gasteiger partial charge >= 0.3 is 0 Å². The number of anilines is 1. The first-order valence-electron chi connectivity index (χ1n) is 6.79. The fourth-order valence-electron chi connectivity index (χ4n) is 2.23. The zero-order valence-corrected chi connectivity index (χ0v) is 11.8. The summed E-state index contributed by atoms with van der Waals surface area (Å²) in [6, 6.07) is 18.3. The molecule has 0 aliphatic rings. The van der Waals surface area contributed by atoms with Gasteiger partial charge in [-0.1, -0.05) is 42.5 Å². The van der Waals surface area contributed by atoms with Crippen molar-refractivity contribution in [2.75, 3.05) is 5.43 Å². The Hall–Kier alpha value is -2.82. The van der Waals surface area contributed by atoms with Crippen LogP contribution < -0.4 is 11.2 Å². The highest BCUT2D eigenvalue weighted by Crippen LogP contribution is 2.21. The van der Waals surface area contributed by atoms with Crippen molar-refractivity contribution in [2.45, 2.75) is 13.5 Å². The van der Waals surface area contributed by atoms with Crippen molar-refractivity contribution in [2.24, 2.45) is 10.8 Å². The lowest BCUT2D eigenvalue weighted by molar-refractivity contribution is 0.827. The molecule has 1 aromatic heterocycles. The minimum Gasteiger partial charge on any atom is -0.386 e. The van der Waals surface area contributed by atoms with Crippen molar-refractivity contribution in [3.05, 3.63) is 60.2 Å². The summed E-state index contributed by atoms with van der Waals surface area (Å²) in [4.78, 5) is 4.57. The Morgan fingerprint density at radius 1 is 1.14 bits per heavy atom. The number of fused-ring (bicyclic) bond motifs is 1. The minimum absolute atomic E-state index is 0.466. The number of nitrogens with one attached hydrogen (secondary N) is 1. The van der Waals surface area contributed by atoms with Gasteiger partial charge in [-0.05, 0) is 24.6 Å². The number of nitrogens with two attached hydrogens (primary N) is 1. The molecule has 0 spiro atoms. The number of hydrogen-bond donors (Lipinski definition) is 2. The second-order valence-corrected chi connectivity index (χ2v) is 4.86. The fraction of sp³-hybridized carbons (Fsp3) is 0.125. The van der Waals surface area contributed by atoms with Crippen LogP contribution in [0.25, 0.3) is 11.0 Å². The van der Waals surface area contributed by atoms with E-state index in [9.17, 15) is 0 Å². The van der Waals surface area contributed by atoms with Gasteiger partial charge in [0.05, 0.1) is 17.6 Å². The van der Waals surface area contributed by atoms with E-state index in [4.69, 9.17) is 5.73 Å². The lowest BCUT2D eigenvalue weighted by Crippen LogP contribution is -2.11. The zero-order valence-electron chi connectivity index (χ0n) is 11.8. The molecule has 5 heteroatoms. The lowest BCUT2D eigenvalue weighted by Gasteiger charge is -2.08. The van der Waals surface area contributed by atoms with Crippen LogP contribution in [-0.2, 0) is 6.54 Å². The molecule has 0 bridgehead atoms. The summed E-state index contributed by atoms with van der Waals surface area (Å²) in [7, 11) is 0. The Bertz CT molecular complexity index is 770. The highest BCUT2D eigenvalue weighted by atomic mass is 15.4. The average Bonchev–Trinajstić information content (AvgIpc) is 2.84. The van der Waals surface area contributed by atoms with Crippen molar-refractivity contribution < 1.29 is 0 Å². The monoisotopic (exact) mass is 279 g/mol. The molecule has 0 saturated carbocycles. The number of hydrazone groups is 1. The Morgan fingerprint density at radius 3 is 2.62 bits per heavy atom. The van der Waals surface area contributed by atoms with Gasteiger partial charge in [0, 0.05) is 0 Å². The predicted molar refractivity (Wildman–Crippen MR) is 86.2 cm³/mol. The molecule has 21 heavy (non-hydrogen) atoms. The summed E-state index contributed by atoms with van der Waals surface area (Å²) in [6.45, 7) is 2.46. The molecule has 0 unspecified atom stereocenters. The van der Waals surface area contributed by atoms with Gasteiger partial charge in [-0.25, -0.2) is 10.4 Å². The van der Waals surface area contributed by atoms with E-state index in [1.807, 2.05) is 36.4 Å². The van der Waals surface area contributed by atoms with Gasteiger partial charge in [-0.15, -0.1) is 0 Å². The van der Waals surface area contributed by atoms with Crippen LogP contribution in [-0.4, -0.2) is 15.4 Å². The van der Waals surface area contributed by atoms with Gasteiger partial charge in [-0.3, -0.25) is 0 Å². The topological polar surface area (TPSA) is 68.2 Å². The Balaban J connectivity index is 2.05. The molecule has 3 N–H and O–H groups in total. The van der Waals surface area contributed by atoms with Crippen LogP contribution in [0.4, 0.5) is 5.95 Å². The summed E-state index contributed by atoms with van der Waals surface area (Å²) < 4.78 is 2.09. The largest absolute Gasteiger partial charge is 0.386 e. The second-order valence-electron chi connectivity index (χ2n) is 4.86. The molecular formula is C16H17N5. The SMILES string of the molecule is C/C(N)=N/Nc1nc2ccccc2n1Cc1ccccc1. The number of para-hydroxylation sites is 2. The molecule has 0 saturated heterocycles. The van der Waals surface area contributed by atoms with Crippen molar-refractivity contribution in [1.82, 2.24) is 9.55 Å². The molecule has 0 radical (unpaired) electrons. The molecule has 0 aliphatic carbocycles. The fourth-order valence-corrected chi connectivity index (χ4v) is 2.23. The average molecular weight is 279 g/mol. The lowest BCUT2D eigenvalue weighted by atomic mass is 10.2. The van der Waals surface area contributed by atoms with Crippen LogP contribution in [0, 0.1) is 0 Å². The van der Waals surface area contributed by atoms with Gasteiger partial charge < -0.3 is 10.3 Å². The maximum Gasteiger partial charge on any atom is 0.225 e. The van der Waals surface area contributed by atoms with Crippen LogP contribution in [0.2, 0.25) is 0 Å². The third-order valence-corrected chi connectivity index (χ3v) is 3.17. The van der Waals surface area contributed by atoms with E-state index in [2.05, 4.69) is 38.3 Å². The van der Waals surface area contributed by atoms with E-state index < -0.39 is 0 Å². The minimum atomic E-state index is 0.466. The Morgan fingerprint density at radius 2 is 1.86 bits per heavy atom. The van der Waals surface area contributed by atoms with E-state index in [1.165, 1.54) is 5.56 Å². The van der Waals surface area contributed by atoms with E-state index in [-0.39, 0.29) is 0 Å². The molecule has 0 aliphatic heterocycles. The van der Waals surface area contributed by atoms with Gasteiger partial charge in [0.2, 0.25) is 5.95 Å². The van der Waals surface area contributed by atoms with Gasteiger partial charge in [0.1, 0.15) is 5.84 Å². The standard InChI is InChI=1S/C16H17N5/c1-12(17)19-20-16-18-14-9-5-6-10-15(14)21(16)11-13-7-3-2-4-8-13/h2-10H,11H2,1H3,(H2,17,19)(H,18,20). The quantitative estimate of drug-likeness (QED) is 0.438. The molecule has 3 rings (SSSR count). The van der Waals surface area contributed by atoms with Crippen LogP contribution in [0.1, 0.15) is 12.5 Å². The highest BCUT2D eigenvalue weighted by Gasteiger charge is 2.10. The van der Waals surface area contributed by atoms with E-state index >= 15 is 0 Å². The van der Waals surface area contributed by atoms with E-state index in [1.54, 1.807) is 6.92 Å². The number of nitrogens with zero attached hydrogens (tertiary/aromatic N) is 3. The van der Waals surface area contributed by atoms with Crippen molar-refractivity contribution in [3.8, 4) is 0 Å². The van der Waals surface area contributed by atoms with E-state index in [0.717, 1.165) is 17.6 Å². The maximum atomic E-state index is 5.59. The number of aromatic nitrogens is 2. The van der Waals surface area contributed by atoms with Gasteiger partial charge in [0.15, 0.2) is 0 Å². The molecule has 2 aromatic carbocycles. The van der Waals surface area contributed by atoms with Crippen molar-refractivity contribution >= 4 is 22.8 Å². The molecule has 5 nitrogen and oxygen atoms in total. The zero-order chi connectivity index (χ0) is 14.7. The first-order valence-corrected chi connectivity index (χ1v) is 6.79. The van der Waals surface area contributed by atoms with Gasteiger partial charge in [0.25, 0.3) is 0 Å². The number of imidazole rings is 1. The van der Waals surface area contributed by atoms with Crippen molar-refractivity contribution in [3.63, 3.8) is 0 Å². The first-order chi connectivity index (χ1) is 10.2. The smallest absolute Gasteiger partial charge is 0.225 e. The second kappa shape index (κ2) is 5.66. The molecule has 3 aromatic rings. The molecule has 106 valence electrons. The summed E-state index contributed by atoms with van der Waals surface area (Å²) in [6.07, 6.45) is 0. The van der Waals surface area contributed by atoms with E-state index in [0.29, 0.717) is 11.8 Å². The Labute approximate surface area is 123 Å². The molecule has 1 heterocycles. The molecule has 0 atom stereocenters. The van der Waals surface area contributed by atoms with Crippen molar-refractivity contribution in [1.29, 1.82) is 0 Å². The third-order valence-electron chi connectivity index (χ3n) is 3.17. The Kier molecular flexibility index (Phi) is 3.55. The summed E-state index contributed by atoms with van der Waals surface area (Å²) in [5.74, 6) is 1.15. The number of hydrogen-bond acceptors (Lipinski definition) is 3. The number of benzene rings is 2. The summed E-state index contributed by atoms with van der Waals surface area (Å²) in [5.41, 5.74) is 11.7. The van der Waals surface area contributed by atoms with Crippen LogP contribution in [0.5, 0.6) is 0 Å². The number of rotatable bonds is 4. The summed E-state index contributed by atoms with van der Waals surface area (Å²) in [5, 5.41) is 4.05. The maximum absolute atomic E-state index is 5.59. The predicted octanol–water partition coefficient (Wildman–Crippen LogP) is 2.79. The molecule has 0 fully saturated rings. The van der Waals surface area contributed by atoms with Crippen LogP contribution in [0.3, 0.4) is 0 Å².